The van der Waals surface area contributed by atoms with E-state index in [0.717, 1.165) is 11.3 Å². The van der Waals surface area contributed by atoms with Gasteiger partial charge in [-0.05, 0) is 31.0 Å². The Morgan fingerprint density at radius 2 is 2.18 bits per heavy atom. The SMILES string of the molecule is Cc1cn(-c2ccc(CC(=O)O)cn2)nc1C. The van der Waals surface area contributed by atoms with Gasteiger partial charge in [-0.2, -0.15) is 5.10 Å². The molecule has 0 saturated carbocycles. The molecule has 2 heterocycles. The van der Waals surface area contributed by atoms with Crippen LogP contribution in [0.15, 0.2) is 24.5 Å². The Hall–Kier alpha value is -2.17. The highest BCUT2D eigenvalue weighted by Gasteiger charge is 2.05. The number of aliphatic carboxylic acids is 1. The smallest absolute Gasteiger partial charge is 0.307 e. The molecule has 5 heteroatoms. The molecule has 2 aromatic heterocycles. The lowest BCUT2D eigenvalue weighted by molar-refractivity contribution is -0.136. The van der Waals surface area contributed by atoms with E-state index in [2.05, 4.69) is 10.1 Å². The van der Waals surface area contributed by atoms with E-state index in [-0.39, 0.29) is 6.42 Å². The summed E-state index contributed by atoms with van der Waals surface area (Å²) in [6, 6.07) is 3.52. The zero-order valence-corrected chi connectivity index (χ0v) is 9.71. The first-order valence-electron chi connectivity index (χ1n) is 5.26. The Bertz CT molecular complexity index is 524. The monoisotopic (exact) mass is 231 g/mol. The summed E-state index contributed by atoms with van der Waals surface area (Å²) >= 11 is 0. The van der Waals surface area contributed by atoms with Crippen LogP contribution in [0.25, 0.3) is 5.82 Å². The first-order chi connectivity index (χ1) is 8.06. The number of pyridine rings is 1. The number of carboxylic acids is 1. The van der Waals surface area contributed by atoms with Crippen molar-refractivity contribution in [2.75, 3.05) is 0 Å². The van der Waals surface area contributed by atoms with Gasteiger partial charge in [0.05, 0.1) is 12.1 Å². The van der Waals surface area contributed by atoms with Crippen LogP contribution in [0.3, 0.4) is 0 Å². The molecule has 0 unspecified atom stereocenters. The summed E-state index contributed by atoms with van der Waals surface area (Å²) < 4.78 is 1.69. The third-order valence-corrected chi connectivity index (χ3v) is 2.54. The molecule has 2 aromatic rings. The molecular weight excluding hydrogens is 218 g/mol. The fourth-order valence-electron chi connectivity index (χ4n) is 1.49. The van der Waals surface area contributed by atoms with Crippen molar-refractivity contribution in [3.05, 3.63) is 41.3 Å². The molecule has 2 rings (SSSR count). The van der Waals surface area contributed by atoms with Crippen LogP contribution in [0.5, 0.6) is 0 Å². The molecule has 0 fully saturated rings. The van der Waals surface area contributed by atoms with Gasteiger partial charge in [0.25, 0.3) is 0 Å². The maximum absolute atomic E-state index is 10.5. The van der Waals surface area contributed by atoms with Crippen molar-refractivity contribution in [3.63, 3.8) is 0 Å². The normalized spacial score (nSPS) is 10.5. The Labute approximate surface area is 98.7 Å². The molecule has 0 spiro atoms. The van der Waals surface area contributed by atoms with Gasteiger partial charge in [-0.15, -0.1) is 0 Å². The zero-order valence-electron chi connectivity index (χ0n) is 9.71. The molecule has 88 valence electrons. The number of hydrogen-bond donors (Lipinski definition) is 1. The van der Waals surface area contributed by atoms with Gasteiger partial charge in [0.15, 0.2) is 5.82 Å². The number of carboxylic acid groups (broad SMARTS) is 1. The van der Waals surface area contributed by atoms with Crippen LogP contribution in [-0.2, 0) is 11.2 Å². The van der Waals surface area contributed by atoms with Crippen molar-refractivity contribution in [3.8, 4) is 5.82 Å². The van der Waals surface area contributed by atoms with Crippen LogP contribution in [0.1, 0.15) is 16.8 Å². The Balaban J connectivity index is 2.26. The second kappa shape index (κ2) is 4.37. The summed E-state index contributed by atoms with van der Waals surface area (Å²) in [4.78, 5) is 14.7. The number of rotatable bonds is 3. The average molecular weight is 231 g/mol. The molecular formula is C12H13N3O2. The van der Waals surface area contributed by atoms with Crippen molar-refractivity contribution in [1.29, 1.82) is 0 Å². The summed E-state index contributed by atoms with van der Waals surface area (Å²) in [5.41, 5.74) is 2.74. The molecule has 0 bridgehead atoms. The van der Waals surface area contributed by atoms with Crippen LogP contribution >= 0.6 is 0 Å². The summed E-state index contributed by atoms with van der Waals surface area (Å²) in [7, 11) is 0. The van der Waals surface area contributed by atoms with Crippen molar-refractivity contribution < 1.29 is 9.90 Å². The van der Waals surface area contributed by atoms with Crippen LogP contribution in [0.4, 0.5) is 0 Å². The molecule has 1 N–H and O–H groups in total. The topological polar surface area (TPSA) is 68.0 Å². The summed E-state index contributed by atoms with van der Waals surface area (Å²) in [5, 5.41) is 13.0. The van der Waals surface area contributed by atoms with E-state index in [1.165, 1.54) is 0 Å². The predicted molar refractivity (Wildman–Crippen MR) is 62.2 cm³/mol. The van der Waals surface area contributed by atoms with Crippen molar-refractivity contribution in [2.45, 2.75) is 20.3 Å². The van der Waals surface area contributed by atoms with Crippen molar-refractivity contribution >= 4 is 5.97 Å². The highest BCUT2D eigenvalue weighted by Crippen LogP contribution is 2.09. The molecule has 0 aliphatic heterocycles. The van der Waals surface area contributed by atoms with E-state index in [0.29, 0.717) is 11.4 Å². The van der Waals surface area contributed by atoms with Crippen LogP contribution in [-0.4, -0.2) is 25.8 Å². The average Bonchev–Trinajstić information content (AvgIpc) is 2.59. The van der Waals surface area contributed by atoms with E-state index >= 15 is 0 Å². The highest BCUT2D eigenvalue weighted by molar-refractivity contribution is 5.70. The van der Waals surface area contributed by atoms with Gasteiger partial charge < -0.3 is 5.11 Å². The minimum Gasteiger partial charge on any atom is -0.481 e. The Morgan fingerprint density at radius 1 is 1.41 bits per heavy atom. The van der Waals surface area contributed by atoms with E-state index in [4.69, 9.17) is 5.11 Å². The summed E-state index contributed by atoms with van der Waals surface area (Å²) in [6.45, 7) is 3.92. The Kier molecular flexibility index (Phi) is 2.91. The van der Waals surface area contributed by atoms with E-state index < -0.39 is 5.97 Å². The molecule has 0 saturated heterocycles. The van der Waals surface area contributed by atoms with Crippen LogP contribution in [0.2, 0.25) is 0 Å². The highest BCUT2D eigenvalue weighted by atomic mass is 16.4. The minimum atomic E-state index is -0.856. The quantitative estimate of drug-likeness (QED) is 0.869. The summed E-state index contributed by atoms with van der Waals surface area (Å²) in [6.07, 6.45) is 3.45. The number of hydrogen-bond acceptors (Lipinski definition) is 3. The first-order valence-corrected chi connectivity index (χ1v) is 5.26. The Morgan fingerprint density at radius 3 is 2.65 bits per heavy atom. The molecule has 0 aromatic carbocycles. The maximum Gasteiger partial charge on any atom is 0.307 e. The van der Waals surface area contributed by atoms with Gasteiger partial charge in [-0.25, -0.2) is 9.67 Å². The van der Waals surface area contributed by atoms with Gasteiger partial charge in [0, 0.05) is 12.4 Å². The zero-order chi connectivity index (χ0) is 12.4. The third-order valence-electron chi connectivity index (χ3n) is 2.54. The van der Waals surface area contributed by atoms with Gasteiger partial charge in [0.2, 0.25) is 0 Å². The standard InChI is InChI=1S/C12H13N3O2/c1-8-7-15(14-9(8)2)11-4-3-10(6-13-11)5-12(16)17/h3-4,6-7H,5H2,1-2H3,(H,16,17). The molecule has 0 amide bonds. The number of carbonyl (C=O) groups is 1. The van der Waals surface area contributed by atoms with E-state index in [1.54, 1.807) is 23.0 Å². The van der Waals surface area contributed by atoms with Gasteiger partial charge in [0.1, 0.15) is 0 Å². The lowest BCUT2D eigenvalue weighted by Crippen LogP contribution is -2.03. The minimum absolute atomic E-state index is 0.00948. The second-order valence-corrected chi connectivity index (χ2v) is 3.94. The molecule has 0 atom stereocenters. The lowest BCUT2D eigenvalue weighted by Gasteiger charge is -2.01. The van der Waals surface area contributed by atoms with Crippen LogP contribution < -0.4 is 0 Å². The van der Waals surface area contributed by atoms with E-state index in [9.17, 15) is 4.79 Å². The van der Waals surface area contributed by atoms with Gasteiger partial charge in [-0.1, -0.05) is 6.07 Å². The number of aromatic nitrogens is 3. The fraction of sp³-hybridized carbons (Fsp3) is 0.250. The fourth-order valence-corrected chi connectivity index (χ4v) is 1.49. The largest absolute Gasteiger partial charge is 0.481 e. The molecule has 5 nitrogen and oxygen atoms in total. The van der Waals surface area contributed by atoms with Gasteiger partial charge >= 0.3 is 5.97 Å². The van der Waals surface area contributed by atoms with E-state index in [1.807, 2.05) is 20.0 Å². The lowest BCUT2D eigenvalue weighted by atomic mass is 10.2. The molecule has 0 aliphatic carbocycles. The molecule has 0 radical (unpaired) electrons. The number of aryl methyl sites for hydroxylation is 2. The van der Waals surface area contributed by atoms with Crippen molar-refractivity contribution in [2.24, 2.45) is 0 Å². The van der Waals surface area contributed by atoms with Crippen molar-refractivity contribution in [1.82, 2.24) is 14.8 Å². The third kappa shape index (κ3) is 2.50. The molecule has 17 heavy (non-hydrogen) atoms. The second-order valence-electron chi connectivity index (χ2n) is 3.94. The predicted octanol–water partition coefficient (Wildman–Crippen LogP) is 1.51. The molecule has 0 aliphatic rings. The number of nitrogens with zero attached hydrogens (tertiary/aromatic N) is 3. The summed E-state index contributed by atoms with van der Waals surface area (Å²) in [5.74, 6) is -0.166. The maximum atomic E-state index is 10.5. The van der Waals surface area contributed by atoms with Crippen LogP contribution in [0, 0.1) is 13.8 Å². The van der Waals surface area contributed by atoms with Gasteiger partial charge in [-0.3, -0.25) is 4.79 Å². The first kappa shape index (κ1) is 11.3.